The van der Waals surface area contributed by atoms with Crippen molar-refractivity contribution in [1.29, 1.82) is 0 Å². The standard InChI is InChI=1S/C23H21N3OS2/c1-14-15(2)28-22-20(14)23(25-13-24-22)29-16(3)21(27)26-19-12-8-7-11-18(19)17-9-5-4-6-10-17/h4-13,16H,1-3H3,(H,26,27)/t16-/m0/s1. The zero-order valence-corrected chi connectivity index (χ0v) is 18.1. The van der Waals surface area contributed by atoms with Crippen LogP contribution < -0.4 is 5.32 Å². The van der Waals surface area contributed by atoms with E-state index in [0.717, 1.165) is 32.1 Å². The maximum atomic E-state index is 13.0. The second-order valence-corrected chi connectivity index (χ2v) is 9.34. The number of thioether (sulfide) groups is 1. The molecule has 0 aliphatic carbocycles. The van der Waals surface area contributed by atoms with Crippen LogP contribution in [0.3, 0.4) is 0 Å². The summed E-state index contributed by atoms with van der Waals surface area (Å²) in [6, 6.07) is 17.9. The summed E-state index contributed by atoms with van der Waals surface area (Å²) < 4.78 is 0. The first kappa shape index (κ1) is 19.6. The smallest absolute Gasteiger partial charge is 0.237 e. The number of aryl methyl sites for hydroxylation is 2. The number of thiophene rings is 1. The van der Waals surface area contributed by atoms with Crippen LogP contribution in [0, 0.1) is 13.8 Å². The maximum absolute atomic E-state index is 13.0. The first-order chi connectivity index (χ1) is 14.0. The highest BCUT2D eigenvalue weighted by Gasteiger charge is 2.20. The number of nitrogens with zero attached hydrogens (tertiary/aromatic N) is 2. The van der Waals surface area contributed by atoms with E-state index in [1.165, 1.54) is 22.2 Å². The van der Waals surface area contributed by atoms with E-state index in [2.05, 4.69) is 29.1 Å². The molecule has 0 aliphatic heterocycles. The highest BCUT2D eigenvalue weighted by Crippen LogP contribution is 2.36. The molecule has 2 aromatic heterocycles. The van der Waals surface area contributed by atoms with E-state index in [0.29, 0.717) is 0 Å². The SMILES string of the molecule is Cc1sc2ncnc(S[C@@H](C)C(=O)Nc3ccccc3-c3ccccc3)c2c1C. The zero-order chi connectivity index (χ0) is 20.4. The molecule has 0 bridgehead atoms. The minimum absolute atomic E-state index is 0.0465. The van der Waals surface area contributed by atoms with E-state index in [4.69, 9.17) is 0 Å². The Labute approximate surface area is 178 Å². The van der Waals surface area contributed by atoms with Crippen LogP contribution in [0.25, 0.3) is 21.3 Å². The number of anilines is 1. The van der Waals surface area contributed by atoms with E-state index in [1.54, 1.807) is 17.7 Å². The molecule has 6 heteroatoms. The molecule has 2 aromatic carbocycles. The van der Waals surface area contributed by atoms with Crippen LogP contribution in [0.1, 0.15) is 17.4 Å². The first-order valence-corrected chi connectivity index (χ1v) is 11.1. The molecule has 1 atom stereocenters. The Morgan fingerprint density at radius 1 is 1.03 bits per heavy atom. The van der Waals surface area contributed by atoms with Crippen molar-refractivity contribution >= 4 is 44.9 Å². The Morgan fingerprint density at radius 3 is 2.55 bits per heavy atom. The summed E-state index contributed by atoms with van der Waals surface area (Å²) in [6.45, 7) is 6.09. The molecule has 0 saturated heterocycles. The predicted octanol–water partition coefficient (Wildman–Crippen LogP) is 6.09. The molecule has 146 valence electrons. The molecule has 1 amide bonds. The fourth-order valence-corrected chi connectivity index (χ4v) is 5.19. The Morgan fingerprint density at radius 2 is 1.76 bits per heavy atom. The molecule has 0 spiro atoms. The molecular formula is C23H21N3OS2. The third-order valence-electron chi connectivity index (χ3n) is 4.86. The van der Waals surface area contributed by atoms with Gasteiger partial charge in [-0.15, -0.1) is 11.3 Å². The molecule has 0 unspecified atom stereocenters. The van der Waals surface area contributed by atoms with E-state index in [1.807, 2.05) is 61.5 Å². The number of benzene rings is 2. The van der Waals surface area contributed by atoms with E-state index in [9.17, 15) is 4.79 Å². The van der Waals surface area contributed by atoms with Crippen LogP contribution in [0.2, 0.25) is 0 Å². The lowest BCUT2D eigenvalue weighted by Gasteiger charge is -2.15. The molecule has 4 rings (SSSR count). The van der Waals surface area contributed by atoms with Crippen LogP contribution >= 0.6 is 23.1 Å². The van der Waals surface area contributed by atoms with Crippen molar-refractivity contribution in [2.24, 2.45) is 0 Å². The average molecular weight is 420 g/mol. The molecule has 2 heterocycles. The highest BCUT2D eigenvalue weighted by molar-refractivity contribution is 8.00. The third kappa shape index (κ3) is 4.04. The summed E-state index contributed by atoms with van der Waals surface area (Å²) in [5.74, 6) is -0.0465. The van der Waals surface area contributed by atoms with Crippen LogP contribution in [0.4, 0.5) is 5.69 Å². The summed E-state index contributed by atoms with van der Waals surface area (Å²) in [4.78, 5) is 24.0. The topological polar surface area (TPSA) is 54.9 Å². The summed E-state index contributed by atoms with van der Waals surface area (Å²) in [7, 11) is 0. The fraction of sp³-hybridized carbons (Fsp3) is 0.174. The van der Waals surface area contributed by atoms with Crippen molar-refractivity contribution in [1.82, 2.24) is 9.97 Å². The lowest BCUT2D eigenvalue weighted by Crippen LogP contribution is -2.22. The van der Waals surface area contributed by atoms with Crippen LogP contribution in [-0.2, 0) is 4.79 Å². The van der Waals surface area contributed by atoms with E-state index in [-0.39, 0.29) is 11.2 Å². The van der Waals surface area contributed by atoms with Gasteiger partial charge in [-0.2, -0.15) is 0 Å². The molecule has 0 aliphatic rings. The summed E-state index contributed by atoms with van der Waals surface area (Å²) in [5.41, 5.74) is 4.08. The number of amides is 1. The number of aromatic nitrogens is 2. The van der Waals surface area contributed by atoms with Crippen LogP contribution in [0.5, 0.6) is 0 Å². The van der Waals surface area contributed by atoms with Gasteiger partial charge in [-0.1, -0.05) is 60.3 Å². The second kappa shape index (κ2) is 8.35. The van der Waals surface area contributed by atoms with Gasteiger partial charge in [0.1, 0.15) is 16.2 Å². The maximum Gasteiger partial charge on any atom is 0.237 e. The van der Waals surface area contributed by atoms with Gasteiger partial charge in [-0.3, -0.25) is 4.79 Å². The number of fused-ring (bicyclic) bond motifs is 1. The molecule has 4 aromatic rings. The second-order valence-electron chi connectivity index (χ2n) is 6.80. The quantitative estimate of drug-likeness (QED) is 0.314. The number of nitrogens with one attached hydrogen (secondary N) is 1. The number of para-hydroxylation sites is 1. The van der Waals surface area contributed by atoms with E-state index < -0.39 is 0 Å². The Balaban J connectivity index is 1.56. The number of hydrogen-bond acceptors (Lipinski definition) is 5. The lowest BCUT2D eigenvalue weighted by molar-refractivity contribution is -0.115. The summed E-state index contributed by atoms with van der Waals surface area (Å²) in [5, 5.41) is 4.72. The first-order valence-electron chi connectivity index (χ1n) is 9.37. The molecule has 29 heavy (non-hydrogen) atoms. The highest BCUT2D eigenvalue weighted by atomic mass is 32.2. The van der Waals surface area contributed by atoms with Crippen molar-refractivity contribution in [2.45, 2.75) is 31.0 Å². The lowest BCUT2D eigenvalue weighted by atomic mass is 10.0. The van der Waals surface area contributed by atoms with Gasteiger partial charge in [0.05, 0.1) is 5.25 Å². The van der Waals surface area contributed by atoms with Gasteiger partial charge in [0, 0.05) is 21.5 Å². The molecule has 1 N–H and O–H groups in total. The van der Waals surface area contributed by atoms with Gasteiger partial charge < -0.3 is 5.32 Å². The van der Waals surface area contributed by atoms with Crippen molar-refractivity contribution in [3.05, 3.63) is 71.4 Å². The third-order valence-corrected chi connectivity index (χ3v) is 7.07. The van der Waals surface area contributed by atoms with Gasteiger partial charge in [-0.05, 0) is 38.0 Å². The molecule has 0 radical (unpaired) electrons. The van der Waals surface area contributed by atoms with Gasteiger partial charge in [-0.25, -0.2) is 9.97 Å². The van der Waals surface area contributed by atoms with Gasteiger partial charge in [0.2, 0.25) is 5.91 Å². The van der Waals surface area contributed by atoms with Crippen molar-refractivity contribution in [2.75, 3.05) is 5.32 Å². The van der Waals surface area contributed by atoms with Crippen molar-refractivity contribution in [3.63, 3.8) is 0 Å². The zero-order valence-electron chi connectivity index (χ0n) is 16.5. The number of rotatable bonds is 5. The van der Waals surface area contributed by atoms with Gasteiger partial charge >= 0.3 is 0 Å². The van der Waals surface area contributed by atoms with Gasteiger partial charge in [0.15, 0.2) is 0 Å². The van der Waals surface area contributed by atoms with E-state index >= 15 is 0 Å². The Bertz CT molecular complexity index is 1170. The molecule has 4 nitrogen and oxygen atoms in total. The average Bonchev–Trinajstić information content (AvgIpc) is 3.03. The molecule has 0 fully saturated rings. The van der Waals surface area contributed by atoms with Crippen molar-refractivity contribution < 1.29 is 4.79 Å². The fourth-order valence-electron chi connectivity index (χ4n) is 3.16. The minimum Gasteiger partial charge on any atom is -0.325 e. The van der Waals surface area contributed by atoms with Crippen LogP contribution in [-0.4, -0.2) is 21.1 Å². The molecule has 0 saturated carbocycles. The Hall–Kier alpha value is -2.70. The normalized spacial score (nSPS) is 12.1. The summed E-state index contributed by atoms with van der Waals surface area (Å²) in [6.07, 6.45) is 1.58. The molecular weight excluding hydrogens is 398 g/mol. The largest absolute Gasteiger partial charge is 0.325 e. The monoisotopic (exact) mass is 419 g/mol. The van der Waals surface area contributed by atoms with Gasteiger partial charge in [0.25, 0.3) is 0 Å². The minimum atomic E-state index is -0.295. The predicted molar refractivity (Wildman–Crippen MR) is 123 cm³/mol. The van der Waals surface area contributed by atoms with Crippen molar-refractivity contribution in [3.8, 4) is 11.1 Å². The Kier molecular flexibility index (Phi) is 5.65. The summed E-state index contributed by atoms with van der Waals surface area (Å²) >= 11 is 3.14. The number of carbonyl (C=O) groups excluding carboxylic acids is 1. The number of carbonyl (C=O) groups is 1. The van der Waals surface area contributed by atoms with Crippen LogP contribution in [0.15, 0.2) is 66.0 Å². The number of hydrogen-bond donors (Lipinski definition) is 1.